The van der Waals surface area contributed by atoms with Crippen LogP contribution in [0.5, 0.6) is 0 Å². The van der Waals surface area contributed by atoms with E-state index in [1.807, 2.05) is 12.9 Å². The summed E-state index contributed by atoms with van der Waals surface area (Å²) in [5.41, 5.74) is 0. The van der Waals surface area contributed by atoms with Gasteiger partial charge in [-0.3, -0.25) is 0 Å². The lowest BCUT2D eigenvalue weighted by Gasteiger charge is -2.33. The Balaban J connectivity index is 4.82. The summed E-state index contributed by atoms with van der Waals surface area (Å²) in [6.45, 7) is 8.92. The predicted molar refractivity (Wildman–Crippen MR) is 92.1 cm³/mol. The topological polar surface area (TPSA) is 52.6 Å². The molecule has 0 bridgehead atoms. The highest BCUT2D eigenvalue weighted by Crippen LogP contribution is 2.27. The van der Waals surface area contributed by atoms with Crippen LogP contribution in [0.25, 0.3) is 0 Å². The third-order valence-electron chi connectivity index (χ3n) is 4.29. The Morgan fingerprint density at radius 2 is 1.77 bits per heavy atom. The lowest BCUT2D eigenvalue weighted by Crippen LogP contribution is -2.40. The number of rotatable bonds is 14. The third-order valence-corrected chi connectivity index (χ3v) is 8.99. The van der Waals surface area contributed by atoms with Crippen molar-refractivity contribution in [3.63, 3.8) is 0 Å². The average Bonchev–Trinajstić information content (AvgIpc) is 2.55. The second kappa shape index (κ2) is 12.6. The molecule has 0 saturated carbocycles. The zero-order chi connectivity index (χ0) is 16.8. The molecule has 22 heavy (non-hydrogen) atoms. The van der Waals surface area contributed by atoms with Gasteiger partial charge in [-0.15, -0.1) is 0 Å². The van der Waals surface area contributed by atoms with E-state index in [4.69, 9.17) is 9.16 Å². The molecular formula is C17H32O4Si. The summed E-state index contributed by atoms with van der Waals surface area (Å²) < 4.78 is 11.9. The Morgan fingerprint density at radius 3 is 2.23 bits per heavy atom. The summed E-state index contributed by atoms with van der Waals surface area (Å²) in [5.74, 6) is 2.25. The molecule has 0 rings (SSSR count). The molecule has 0 spiro atoms. The Kier molecular flexibility index (Phi) is 12.1. The summed E-state index contributed by atoms with van der Waals surface area (Å²) in [5, 5.41) is 0. The van der Waals surface area contributed by atoms with Gasteiger partial charge in [0.1, 0.15) is 6.29 Å². The minimum absolute atomic E-state index is 0.00108. The molecule has 0 N–H and O–H groups in total. The maximum Gasteiger partial charge on any atom is 0.192 e. The second-order valence-electron chi connectivity index (χ2n) is 5.60. The highest BCUT2D eigenvalue weighted by Gasteiger charge is 2.32. The summed E-state index contributed by atoms with van der Waals surface area (Å²) in [6, 6.07) is 3.25. The normalized spacial score (nSPS) is 12.5. The number of aldehydes is 1. The zero-order valence-electron chi connectivity index (χ0n) is 14.7. The SMILES string of the molecule is CCOC(=C=O)CC(CCCCC=O)O[Si](CC)(CC)CC. The monoisotopic (exact) mass is 328 g/mol. The van der Waals surface area contributed by atoms with Crippen molar-refractivity contribution < 1.29 is 18.8 Å². The lowest BCUT2D eigenvalue weighted by atomic mass is 10.1. The van der Waals surface area contributed by atoms with Crippen molar-refractivity contribution >= 4 is 20.5 Å². The van der Waals surface area contributed by atoms with Crippen molar-refractivity contribution in [3.8, 4) is 0 Å². The first-order valence-electron chi connectivity index (χ1n) is 8.59. The van der Waals surface area contributed by atoms with E-state index < -0.39 is 8.32 Å². The van der Waals surface area contributed by atoms with Crippen molar-refractivity contribution in [2.45, 2.75) is 84.0 Å². The fourth-order valence-electron chi connectivity index (χ4n) is 2.67. The molecule has 0 aliphatic rings. The maximum atomic E-state index is 11.0. The molecule has 0 heterocycles. The Hall–Kier alpha value is -0.903. The standard InChI is InChI=1S/C17H32O4Si/c1-5-20-17(15-19)14-16(12-10-9-11-13-18)21-22(6-2,7-3)8-4/h13,16H,5-12,14H2,1-4H3. The first-order valence-corrected chi connectivity index (χ1v) is 11.1. The van der Waals surface area contributed by atoms with Gasteiger partial charge < -0.3 is 14.0 Å². The summed E-state index contributed by atoms with van der Waals surface area (Å²) in [7, 11) is -1.72. The van der Waals surface area contributed by atoms with Crippen LogP contribution in [0.3, 0.4) is 0 Å². The van der Waals surface area contributed by atoms with E-state index >= 15 is 0 Å². The molecule has 1 unspecified atom stereocenters. The van der Waals surface area contributed by atoms with E-state index in [0.717, 1.165) is 43.7 Å². The van der Waals surface area contributed by atoms with Gasteiger partial charge in [0.25, 0.3) is 0 Å². The molecule has 0 aromatic carbocycles. The van der Waals surface area contributed by atoms with Crippen molar-refractivity contribution in [1.82, 2.24) is 0 Å². The zero-order valence-corrected chi connectivity index (χ0v) is 15.7. The number of unbranched alkanes of at least 4 members (excludes halogenated alkanes) is 2. The molecule has 4 nitrogen and oxygen atoms in total. The second-order valence-corrected chi connectivity index (χ2v) is 10.3. The molecule has 0 aromatic rings. The molecule has 0 aromatic heterocycles. The third kappa shape index (κ3) is 7.92. The fraction of sp³-hybridized carbons (Fsp3) is 0.824. The van der Waals surface area contributed by atoms with Crippen molar-refractivity contribution in [1.29, 1.82) is 0 Å². The highest BCUT2D eigenvalue weighted by molar-refractivity contribution is 6.73. The van der Waals surface area contributed by atoms with Gasteiger partial charge in [-0.05, 0) is 37.9 Å². The van der Waals surface area contributed by atoms with Gasteiger partial charge in [-0.2, -0.15) is 0 Å². The first kappa shape index (κ1) is 21.1. The fourth-order valence-corrected chi connectivity index (χ4v) is 5.58. The molecule has 128 valence electrons. The van der Waals surface area contributed by atoms with E-state index in [1.54, 1.807) is 0 Å². The van der Waals surface area contributed by atoms with E-state index in [-0.39, 0.29) is 6.10 Å². The number of carbonyl (C=O) groups is 1. The summed E-state index contributed by atoms with van der Waals surface area (Å²) >= 11 is 0. The van der Waals surface area contributed by atoms with Crippen molar-refractivity contribution in [3.05, 3.63) is 5.76 Å². The van der Waals surface area contributed by atoms with Crippen LogP contribution in [-0.2, 0) is 18.8 Å². The van der Waals surface area contributed by atoms with Crippen LogP contribution >= 0.6 is 0 Å². The summed E-state index contributed by atoms with van der Waals surface area (Å²) in [4.78, 5) is 21.4. The Morgan fingerprint density at radius 1 is 1.14 bits per heavy atom. The highest BCUT2D eigenvalue weighted by atomic mass is 28.4. The molecule has 5 heteroatoms. The number of ether oxygens (including phenoxy) is 1. The number of hydrogen-bond acceptors (Lipinski definition) is 4. The quantitative estimate of drug-likeness (QED) is 0.157. The van der Waals surface area contributed by atoms with Gasteiger partial charge in [0.15, 0.2) is 20.0 Å². The molecule has 0 aliphatic heterocycles. The first-order chi connectivity index (χ1) is 10.6. The maximum absolute atomic E-state index is 11.0. The van der Waals surface area contributed by atoms with Crippen LogP contribution in [0.1, 0.15) is 59.8 Å². The van der Waals surface area contributed by atoms with Gasteiger partial charge in [0.2, 0.25) is 0 Å². The van der Waals surface area contributed by atoms with Gasteiger partial charge in [-0.25, -0.2) is 4.79 Å². The van der Waals surface area contributed by atoms with Crippen molar-refractivity contribution in [2.24, 2.45) is 0 Å². The van der Waals surface area contributed by atoms with Crippen LogP contribution in [0.15, 0.2) is 5.76 Å². The molecule has 1 atom stereocenters. The summed E-state index contributed by atoms with van der Waals surface area (Å²) in [6.07, 6.45) is 4.71. The van der Waals surface area contributed by atoms with Crippen LogP contribution in [0, 0.1) is 0 Å². The van der Waals surface area contributed by atoms with Gasteiger partial charge in [0.05, 0.1) is 12.7 Å². The molecule has 0 amide bonds. The van der Waals surface area contributed by atoms with E-state index in [2.05, 4.69) is 20.8 Å². The molecule has 0 aliphatic carbocycles. The smallest absolute Gasteiger partial charge is 0.192 e. The van der Waals surface area contributed by atoms with Gasteiger partial charge in [-0.1, -0.05) is 27.2 Å². The largest absolute Gasteiger partial charge is 0.487 e. The van der Waals surface area contributed by atoms with Crippen molar-refractivity contribution in [2.75, 3.05) is 6.61 Å². The van der Waals surface area contributed by atoms with E-state index in [1.165, 1.54) is 0 Å². The predicted octanol–water partition coefficient (Wildman–Crippen LogP) is 4.28. The molecule has 0 radical (unpaired) electrons. The minimum atomic E-state index is -1.72. The van der Waals surface area contributed by atoms with E-state index in [9.17, 15) is 9.59 Å². The Bertz CT molecular complexity index is 338. The average molecular weight is 329 g/mol. The number of carbonyl (C=O) groups excluding carboxylic acids is 2. The number of hydrogen-bond donors (Lipinski definition) is 0. The van der Waals surface area contributed by atoms with Crippen LogP contribution < -0.4 is 0 Å². The van der Waals surface area contributed by atoms with Crippen LogP contribution in [0.2, 0.25) is 18.1 Å². The van der Waals surface area contributed by atoms with Crippen LogP contribution in [0.4, 0.5) is 0 Å². The van der Waals surface area contributed by atoms with Gasteiger partial charge >= 0.3 is 0 Å². The van der Waals surface area contributed by atoms with Crippen LogP contribution in [-0.4, -0.2) is 33.3 Å². The molecule has 0 fully saturated rings. The minimum Gasteiger partial charge on any atom is -0.487 e. The Labute approximate surface area is 136 Å². The van der Waals surface area contributed by atoms with E-state index in [0.29, 0.717) is 25.2 Å². The van der Waals surface area contributed by atoms with Gasteiger partial charge in [0, 0.05) is 12.8 Å². The molecular weight excluding hydrogens is 296 g/mol. The lowest BCUT2D eigenvalue weighted by molar-refractivity contribution is -0.107. The molecule has 0 saturated heterocycles.